The lowest BCUT2D eigenvalue weighted by Crippen LogP contribution is -2.36. The van der Waals surface area contributed by atoms with Crippen molar-refractivity contribution in [3.05, 3.63) is 23.8 Å². The fourth-order valence-corrected chi connectivity index (χ4v) is 6.84. The summed E-state index contributed by atoms with van der Waals surface area (Å²) >= 11 is 2.78. The summed E-state index contributed by atoms with van der Waals surface area (Å²) in [5.41, 5.74) is 1.33. The number of carbonyl (C=O) groups excluding carboxylic acids is 1. The Hall–Kier alpha value is -1.73. The molecule has 2 saturated heterocycles. The average Bonchev–Trinajstić information content (AvgIpc) is 3.29. The molecule has 0 aliphatic carbocycles. The molecule has 0 saturated carbocycles. The van der Waals surface area contributed by atoms with E-state index in [-0.39, 0.29) is 16.6 Å². The van der Waals surface area contributed by atoms with E-state index in [0.29, 0.717) is 32.0 Å². The normalized spacial score (nSPS) is 18.0. The molecule has 1 N–H and O–H groups in total. The highest BCUT2D eigenvalue weighted by molar-refractivity contribution is 8.01. The number of hydrogen-bond acceptors (Lipinski definition) is 9. The van der Waals surface area contributed by atoms with Crippen LogP contribution in [0.15, 0.2) is 27.4 Å². The zero-order chi connectivity index (χ0) is 22.6. The van der Waals surface area contributed by atoms with Crippen molar-refractivity contribution in [2.75, 3.05) is 55.4 Å². The van der Waals surface area contributed by atoms with E-state index in [1.54, 1.807) is 18.2 Å². The predicted octanol–water partition coefficient (Wildman–Crippen LogP) is 2.59. The van der Waals surface area contributed by atoms with Crippen LogP contribution in [0.4, 0.5) is 10.8 Å². The zero-order valence-corrected chi connectivity index (χ0v) is 20.4. The SMILES string of the molecule is Cc1ccc(S(=O)(=O)N2CCCCC2)cc1NC(=O)CSc1nnc(N2CCOCC2)s1. The number of aryl methyl sites for hydroxylation is 1. The van der Waals surface area contributed by atoms with E-state index in [1.807, 2.05) is 6.92 Å². The molecule has 1 aromatic carbocycles. The van der Waals surface area contributed by atoms with Gasteiger partial charge in [0.05, 0.1) is 23.9 Å². The van der Waals surface area contributed by atoms with Crippen molar-refractivity contribution < 1.29 is 17.9 Å². The van der Waals surface area contributed by atoms with Gasteiger partial charge in [0.2, 0.25) is 21.1 Å². The molecule has 9 nitrogen and oxygen atoms in total. The first kappa shape index (κ1) is 23.4. The molecule has 0 unspecified atom stereocenters. The lowest BCUT2D eigenvalue weighted by atomic mass is 10.2. The number of amides is 1. The van der Waals surface area contributed by atoms with Gasteiger partial charge in [0, 0.05) is 31.9 Å². The number of piperidine rings is 1. The van der Waals surface area contributed by atoms with Crippen molar-refractivity contribution in [3.8, 4) is 0 Å². The summed E-state index contributed by atoms with van der Waals surface area (Å²) in [6, 6.07) is 4.90. The second-order valence-corrected chi connectivity index (χ2v) is 11.8. The minimum Gasteiger partial charge on any atom is -0.378 e. The van der Waals surface area contributed by atoms with Gasteiger partial charge in [-0.3, -0.25) is 4.79 Å². The van der Waals surface area contributed by atoms with E-state index >= 15 is 0 Å². The van der Waals surface area contributed by atoms with E-state index < -0.39 is 10.0 Å². The van der Waals surface area contributed by atoms with E-state index in [1.165, 1.54) is 27.4 Å². The van der Waals surface area contributed by atoms with Crippen molar-refractivity contribution in [2.45, 2.75) is 35.4 Å². The molecule has 2 aliphatic rings. The number of rotatable bonds is 7. The van der Waals surface area contributed by atoms with Gasteiger partial charge < -0.3 is 15.0 Å². The van der Waals surface area contributed by atoms with Crippen molar-refractivity contribution in [2.24, 2.45) is 0 Å². The van der Waals surface area contributed by atoms with Crippen LogP contribution in [0.5, 0.6) is 0 Å². The van der Waals surface area contributed by atoms with Crippen LogP contribution in [0.1, 0.15) is 24.8 Å². The van der Waals surface area contributed by atoms with Crippen molar-refractivity contribution in [1.82, 2.24) is 14.5 Å². The van der Waals surface area contributed by atoms with Gasteiger partial charge in [-0.1, -0.05) is 35.6 Å². The molecule has 174 valence electrons. The van der Waals surface area contributed by atoms with Crippen LogP contribution in [0.25, 0.3) is 0 Å². The highest BCUT2D eigenvalue weighted by Gasteiger charge is 2.26. The summed E-state index contributed by atoms with van der Waals surface area (Å²) in [6.07, 6.45) is 2.82. The van der Waals surface area contributed by atoms with E-state index in [9.17, 15) is 13.2 Å². The van der Waals surface area contributed by atoms with E-state index in [0.717, 1.165) is 47.4 Å². The predicted molar refractivity (Wildman–Crippen MR) is 126 cm³/mol. The molecule has 0 spiro atoms. The van der Waals surface area contributed by atoms with Gasteiger partial charge in [0.15, 0.2) is 4.34 Å². The molecule has 2 aromatic rings. The summed E-state index contributed by atoms with van der Waals surface area (Å²) in [6.45, 7) is 5.86. The maximum absolute atomic E-state index is 13.0. The van der Waals surface area contributed by atoms with Crippen LogP contribution in [-0.2, 0) is 19.6 Å². The highest BCUT2D eigenvalue weighted by atomic mass is 32.2. The van der Waals surface area contributed by atoms with Gasteiger partial charge >= 0.3 is 0 Å². The van der Waals surface area contributed by atoms with Crippen molar-refractivity contribution >= 4 is 49.8 Å². The van der Waals surface area contributed by atoms with Gasteiger partial charge in [0.1, 0.15) is 0 Å². The second-order valence-electron chi connectivity index (χ2n) is 7.73. The third kappa shape index (κ3) is 5.60. The summed E-state index contributed by atoms with van der Waals surface area (Å²) in [5, 5.41) is 12.1. The van der Waals surface area contributed by atoms with E-state index in [4.69, 9.17) is 4.74 Å². The molecule has 2 fully saturated rings. The van der Waals surface area contributed by atoms with Crippen LogP contribution in [0, 0.1) is 6.92 Å². The smallest absolute Gasteiger partial charge is 0.243 e. The minimum atomic E-state index is -3.55. The van der Waals surface area contributed by atoms with Crippen LogP contribution >= 0.6 is 23.1 Å². The molecule has 1 amide bonds. The Morgan fingerprint density at radius 1 is 1.16 bits per heavy atom. The molecule has 12 heteroatoms. The third-order valence-corrected chi connectivity index (χ3v) is 9.45. The van der Waals surface area contributed by atoms with Crippen LogP contribution in [0.2, 0.25) is 0 Å². The number of carbonyl (C=O) groups is 1. The van der Waals surface area contributed by atoms with Gasteiger partial charge in [-0.25, -0.2) is 8.42 Å². The number of benzene rings is 1. The van der Waals surface area contributed by atoms with Gasteiger partial charge in [-0.05, 0) is 37.5 Å². The fraction of sp³-hybridized carbons (Fsp3) is 0.550. The maximum atomic E-state index is 13.0. The Morgan fingerprint density at radius 2 is 1.91 bits per heavy atom. The number of thioether (sulfide) groups is 1. The summed E-state index contributed by atoms with van der Waals surface area (Å²) < 4.78 is 33.5. The third-order valence-electron chi connectivity index (χ3n) is 5.44. The first-order valence-electron chi connectivity index (χ1n) is 10.6. The first-order chi connectivity index (χ1) is 15.4. The number of aromatic nitrogens is 2. The summed E-state index contributed by atoms with van der Waals surface area (Å²) in [4.78, 5) is 14.9. The number of morpholine rings is 1. The van der Waals surface area contributed by atoms with Crippen LogP contribution < -0.4 is 10.2 Å². The lowest BCUT2D eigenvalue weighted by Gasteiger charge is -2.26. The molecular weight excluding hydrogens is 470 g/mol. The summed E-state index contributed by atoms with van der Waals surface area (Å²) in [5.74, 6) is -0.0472. The lowest BCUT2D eigenvalue weighted by molar-refractivity contribution is -0.113. The molecule has 2 aliphatic heterocycles. The molecule has 0 bridgehead atoms. The monoisotopic (exact) mass is 497 g/mol. The largest absolute Gasteiger partial charge is 0.378 e. The molecular formula is C20H27N5O4S3. The maximum Gasteiger partial charge on any atom is 0.243 e. The molecule has 0 radical (unpaired) electrons. The summed E-state index contributed by atoms with van der Waals surface area (Å²) in [7, 11) is -3.55. The first-order valence-corrected chi connectivity index (χ1v) is 13.9. The Morgan fingerprint density at radius 3 is 2.66 bits per heavy atom. The molecule has 4 rings (SSSR count). The topological polar surface area (TPSA) is 105 Å². The molecule has 32 heavy (non-hydrogen) atoms. The zero-order valence-electron chi connectivity index (χ0n) is 17.9. The quantitative estimate of drug-likeness (QED) is 0.582. The minimum absolute atomic E-state index is 0.167. The molecule has 3 heterocycles. The molecule has 0 atom stereocenters. The van der Waals surface area contributed by atoms with Crippen molar-refractivity contribution in [1.29, 1.82) is 0 Å². The second kappa shape index (κ2) is 10.5. The molecule has 1 aromatic heterocycles. The van der Waals surface area contributed by atoms with Gasteiger partial charge in [-0.15, -0.1) is 10.2 Å². The Kier molecular flexibility index (Phi) is 7.66. The number of sulfonamides is 1. The van der Waals surface area contributed by atoms with E-state index in [2.05, 4.69) is 20.4 Å². The number of anilines is 2. The van der Waals surface area contributed by atoms with Gasteiger partial charge in [-0.2, -0.15) is 4.31 Å². The van der Waals surface area contributed by atoms with Crippen molar-refractivity contribution in [3.63, 3.8) is 0 Å². The Bertz CT molecular complexity index is 1050. The number of nitrogens with zero attached hydrogens (tertiary/aromatic N) is 4. The number of hydrogen-bond donors (Lipinski definition) is 1. The van der Waals surface area contributed by atoms with Crippen LogP contribution in [0.3, 0.4) is 0 Å². The standard InChI is InChI=1S/C20H27N5O4S3/c1-15-5-6-16(32(27,28)25-7-3-2-4-8-25)13-17(15)21-18(26)14-30-20-23-22-19(31-20)24-9-11-29-12-10-24/h5-6,13H,2-4,7-12,14H2,1H3,(H,21,26). The highest BCUT2D eigenvalue weighted by Crippen LogP contribution is 2.29. The number of ether oxygens (including phenoxy) is 1. The average molecular weight is 498 g/mol. The van der Waals surface area contributed by atoms with Gasteiger partial charge in [0.25, 0.3) is 0 Å². The Balaban J connectivity index is 1.37. The Labute approximate surface area is 196 Å². The fourth-order valence-electron chi connectivity index (χ4n) is 3.61. The number of nitrogens with one attached hydrogen (secondary N) is 1. The van der Waals surface area contributed by atoms with Crippen LogP contribution in [-0.4, -0.2) is 74.0 Å².